The maximum atomic E-state index is 11.7. The minimum atomic E-state index is -0.424. The second-order valence-corrected chi connectivity index (χ2v) is 5.95. The molecule has 0 saturated heterocycles. The summed E-state index contributed by atoms with van der Waals surface area (Å²) < 4.78 is 0. The third-order valence-corrected chi connectivity index (χ3v) is 4.02. The van der Waals surface area contributed by atoms with Gasteiger partial charge < -0.3 is 10.6 Å². The molecule has 0 bridgehead atoms. The molecule has 3 atom stereocenters. The van der Waals surface area contributed by atoms with E-state index < -0.39 is 6.03 Å². The van der Waals surface area contributed by atoms with Crippen LogP contribution in [0, 0.1) is 11.8 Å². The molecule has 3 N–H and O–H groups in total. The molecule has 1 rings (SSSR count). The van der Waals surface area contributed by atoms with Gasteiger partial charge in [0.2, 0.25) is 5.91 Å². The second kappa shape index (κ2) is 8.95. The Morgan fingerprint density at radius 1 is 1.30 bits per heavy atom. The summed E-state index contributed by atoms with van der Waals surface area (Å²) >= 11 is 0. The zero-order valence-corrected chi connectivity index (χ0v) is 13.0. The Kier molecular flexibility index (Phi) is 7.59. The van der Waals surface area contributed by atoms with Crippen LogP contribution in [0.1, 0.15) is 52.9 Å². The first-order valence-corrected chi connectivity index (χ1v) is 7.85. The van der Waals surface area contributed by atoms with E-state index in [9.17, 15) is 9.59 Å². The monoisotopic (exact) mass is 283 g/mol. The number of rotatable bonds is 6. The number of carbonyl (C=O) groups excluding carboxylic acids is 2. The largest absolute Gasteiger partial charge is 0.338 e. The molecule has 5 heteroatoms. The van der Waals surface area contributed by atoms with Gasteiger partial charge >= 0.3 is 6.03 Å². The van der Waals surface area contributed by atoms with E-state index in [1.165, 1.54) is 25.7 Å². The first-order chi connectivity index (χ1) is 9.52. The predicted octanol–water partition coefficient (Wildman–Crippen LogP) is 2.03. The SMILES string of the molecule is CCNC(=O)NC(=O)C(C)NCCC1CCCC(C)C1. The zero-order valence-electron chi connectivity index (χ0n) is 13.0. The van der Waals surface area contributed by atoms with Crippen molar-refractivity contribution in [3.8, 4) is 0 Å². The molecule has 0 aromatic rings. The lowest BCUT2D eigenvalue weighted by atomic mass is 9.81. The Balaban J connectivity index is 2.17. The van der Waals surface area contributed by atoms with Gasteiger partial charge in [-0.3, -0.25) is 10.1 Å². The summed E-state index contributed by atoms with van der Waals surface area (Å²) in [6.07, 6.45) is 6.42. The molecule has 0 aromatic heterocycles. The van der Waals surface area contributed by atoms with Crippen molar-refractivity contribution in [2.24, 2.45) is 11.8 Å². The zero-order chi connectivity index (χ0) is 15.0. The van der Waals surface area contributed by atoms with Crippen LogP contribution in [-0.2, 0) is 4.79 Å². The molecule has 1 aliphatic rings. The Bertz CT molecular complexity index is 320. The molecule has 3 amide bonds. The quantitative estimate of drug-likeness (QED) is 0.698. The third-order valence-electron chi connectivity index (χ3n) is 4.02. The number of hydrogen-bond donors (Lipinski definition) is 3. The number of urea groups is 1. The van der Waals surface area contributed by atoms with Crippen molar-refractivity contribution in [1.82, 2.24) is 16.0 Å². The number of carbonyl (C=O) groups is 2. The summed E-state index contributed by atoms with van der Waals surface area (Å²) in [5.41, 5.74) is 0. The smallest absolute Gasteiger partial charge is 0.321 e. The van der Waals surface area contributed by atoms with Crippen molar-refractivity contribution in [2.75, 3.05) is 13.1 Å². The van der Waals surface area contributed by atoms with Crippen LogP contribution in [0.15, 0.2) is 0 Å². The first-order valence-electron chi connectivity index (χ1n) is 7.85. The van der Waals surface area contributed by atoms with E-state index in [1.807, 2.05) is 6.92 Å². The third kappa shape index (κ3) is 6.37. The van der Waals surface area contributed by atoms with Crippen molar-refractivity contribution < 1.29 is 9.59 Å². The van der Waals surface area contributed by atoms with E-state index in [1.54, 1.807) is 6.92 Å². The van der Waals surface area contributed by atoms with E-state index in [2.05, 4.69) is 22.9 Å². The van der Waals surface area contributed by atoms with E-state index in [-0.39, 0.29) is 11.9 Å². The van der Waals surface area contributed by atoms with Crippen LogP contribution in [0.2, 0.25) is 0 Å². The van der Waals surface area contributed by atoms with Crippen molar-refractivity contribution in [3.05, 3.63) is 0 Å². The molecular weight excluding hydrogens is 254 g/mol. The average Bonchev–Trinajstić information content (AvgIpc) is 2.38. The highest BCUT2D eigenvalue weighted by Gasteiger charge is 2.19. The molecule has 1 saturated carbocycles. The standard InChI is InChI=1S/C15H29N3O2/c1-4-16-15(20)18-14(19)12(3)17-9-8-13-7-5-6-11(2)10-13/h11-13,17H,4-10H2,1-3H3,(H2,16,18,19,20). The molecule has 0 radical (unpaired) electrons. The molecular formula is C15H29N3O2. The Labute approximate surface area is 122 Å². The number of hydrogen-bond acceptors (Lipinski definition) is 3. The van der Waals surface area contributed by atoms with Crippen LogP contribution >= 0.6 is 0 Å². The molecule has 3 unspecified atom stereocenters. The topological polar surface area (TPSA) is 70.2 Å². The normalized spacial score (nSPS) is 23.9. The second-order valence-electron chi connectivity index (χ2n) is 5.95. The fourth-order valence-electron chi connectivity index (χ4n) is 2.84. The van der Waals surface area contributed by atoms with Gasteiger partial charge in [-0.25, -0.2) is 4.79 Å². The molecule has 0 aromatic carbocycles. The maximum Gasteiger partial charge on any atom is 0.321 e. The molecule has 0 aliphatic heterocycles. The van der Waals surface area contributed by atoms with Gasteiger partial charge in [0.25, 0.3) is 0 Å². The van der Waals surface area contributed by atoms with Crippen LogP contribution in [0.5, 0.6) is 0 Å². The summed E-state index contributed by atoms with van der Waals surface area (Å²) in [5, 5.41) is 8.07. The van der Waals surface area contributed by atoms with E-state index in [0.717, 1.165) is 24.8 Å². The Morgan fingerprint density at radius 2 is 2.05 bits per heavy atom. The lowest BCUT2D eigenvalue weighted by Gasteiger charge is -2.27. The van der Waals surface area contributed by atoms with Crippen LogP contribution in [0.25, 0.3) is 0 Å². The van der Waals surface area contributed by atoms with E-state index >= 15 is 0 Å². The minimum Gasteiger partial charge on any atom is -0.338 e. The summed E-state index contributed by atoms with van der Waals surface area (Å²) in [7, 11) is 0. The molecule has 0 spiro atoms. The van der Waals surface area contributed by atoms with Gasteiger partial charge in [-0.2, -0.15) is 0 Å². The highest BCUT2D eigenvalue weighted by Crippen LogP contribution is 2.30. The predicted molar refractivity (Wildman–Crippen MR) is 80.4 cm³/mol. The molecule has 1 fully saturated rings. The summed E-state index contributed by atoms with van der Waals surface area (Å²) in [5.74, 6) is 1.35. The summed E-state index contributed by atoms with van der Waals surface area (Å²) in [6.45, 7) is 7.28. The summed E-state index contributed by atoms with van der Waals surface area (Å²) in [6, 6.07) is -0.758. The fraction of sp³-hybridized carbons (Fsp3) is 0.867. The van der Waals surface area contributed by atoms with Crippen molar-refractivity contribution >= 4 is 11.9 Å². The highest BCUT2D eigenvalue weighted by molar-refractivity contribution is 5.96. The average molecular weight is 283 g/mol. The molecule has 5 nitrogen and oxygen atoms in total. The van der Waals surface area contributed by atoms with E-state index in [0.29, 0.717) is 6.54 Å². The molecule has 0 heterocycles. The molecule has 116 valence electrons. The number of amides is 3. The van der Waals surface area contributed by atoms with Crippen molar-refractivity contribution in [1.29, 1.82) is 0 Å². The Morgan fingerprint density at radius 3 is 2.70 bits per heavy atom. The van der Waals surface area contributed by atoms with Gasteiger partial charge in [0.1, 0.15) is 0 Å². The van der Waals surface area contributed by atoms with Crippen LogP contribution in [0.4, 0.5) is 4.79 Å². The van der Waals surface area contributed by atoms with Crippen molar-refractivity contribution in [2.45, 2.75) is 58.9 Å². The Hall–Kier alpha value is -1.10. The van der Waals surface area contributed by atoms with Gasteiger partial charge in [0, 0.05) is 6.54 Å². The van der Waals surface area contributed by atoms with Crippen LogP contribution < -0.4 is 16.0 Å². The van der Waals surface area contributed by atoms with Gasteiger partial charge in [-0.15, -0.1) is 0 Å². The highest BCUT2D eigenvalue weighted by atomic mass is 16.2. The minimum absolute atomic E-state index is 0.270. The fourth-order valence-corrected chi connectivity index (χ4v) is 2.84. The van der Waals surface area contributed by atoms with E-state index in [4.69, 9.17) is 0 Å². The van der Waals surface area contributed by atoms with Gasteiger partial charge in [0.05, 0.1) is 6.04 Å². The van der Waals surface area contributed by atoms with Gasteiger partial charge in [-0.05, 0) is 45.1 Å². The molecule has 1 aliphatic carbocycles. The lowest BCUT2D eigenvalue weighted by molar-refractivity contribution is -0.121. The number of imide groups is 1. The first kappa shape index (κ1) is 17.0. The van der Waals surface area contributed by atoms with Crippen LogP contribution in [-0.4, -0.2) is 31.1 Å². The van der Waals surface area contributed by atoms with Gasteiger partial charge in [0.15, 0.2) is 0 Å². The maximum absolute atomic E-state index is 11.7. The molecule has 20 heavy (non-hydrogen) atoms. The van der Waals surface area contributed by atoms with Crippen LogP contribution in [0.3, 0.4) is 0 Å². The number of nitrogens with one attached hydrogen (secondary N) is 3. The van der Waals surface area contributed by atoms with Gasteiger partial charge in [-0.1, -0.05) is 26.2 Å². The summed E-state index contributed by atoms with van der Waals surface area (Å²) in [4.78, 5) is 23.0. The van der Waals surface area contributed by atoms with Crippen molar-refractivity contribution in [3.63, 3.8) is 0 Å². The lowest BCUT2D eigenvalue weighted by Crippen LogP contribution is -2.48.